The van der Waals surface area contributed by atoms with E-state index in [1.165, 1.54) is 0 Å². The number of benzene rings is 2. The van der Waals surface area contributed by atoms with Gasteiger partial charge in [-0.05, 0) is 46.9 Å². The Labute approximate surface area is 176 Å². The first-order valence-corrected chi connectivity index (χ1v) is 9.79. The SMILES string of the molecule is CC(=NOCc1ccc(-c2ccncc2)cc1)c1ccc(CNCCC(=O)O)cc1. The summed E-state index contributed by atoms with van der Waals surface area (Å²) in [4.78, 5) is 20.1. The van der Waals surface area contributed by atoms with Crippen LogP contribution in [0.2, 0.25) is 0 Å². The first-order chi connectivity index (χ1) is 14.6. The molecule has 0 saturated heterocycles. The molecule has 2 N–H and O–H groups in total. The maximum Gasteiger partial charge on any atom is 0.304 e. The minimum atomic E-state index is -0.797. The molecule has 0 radical (unpaired) electrons. The van der Waals surface area contributed by atoms with E-state index in [1.807, 2.05) is 55.5 Å². The van der Waals surface area contributed by atoms with Gasteiger partial charge in [0.25, 0.3) is 0 Å². The molecule has 0 aliphatic carbocycles. The molecule has 0 aliphatic heterocycles. The van der Waals surface area contributed by atoms with E-state index in [0.717, 1.165) is 33.5 Å². The summed E-state index contributed by atoms with van der Waals surface area (Å²) in [6.07, 6.45) is 3.69. The third kappa shape index (κ3) is 6.53. The molecule has 3 rings (SSSR count). The fourth-order valence-electron chi connectivity index (χ4n) is 2.89. The molecule has 6 heteroatoms. The van der Waals surface area contributed by atoms with Gasteiger partial charge in [0.2, 0.25) is 0 Å². The van der Waals surface area contributed by atoms with E-state index in [4.69, 9.17) is 9.94 Å². The van der Waals surface area contributed by atoms with Crippen LogP contribution in [0, 0.1) is 0 Å². The predicted octanol–water partition coefficient (Wildman–Crippen LogP) is 4.25. The summed E-state index contributed by atoms with van der Waals surface area (Å²) in [5.74, 6) is -0.797. The second-order valence-electron chi connectivity index (χ2n) is 6.90. The van der Waals surface area contributed by atoms with Gasteiger partial charge >= 0.3 is 5.97 Å². The molecule has 0 fully saturated rings. The maximum atomic E-state index is 10.5. The van der Waals surface area contributed by atoms with Gasteiger partial charge in [0, 0.05) is 25.5 Å². The number of pyridine rings is 1. The normalized spacial score (nSPS) is 11.3. The molecule has 30 heavy (non-hydrogen) atoms. The van der Waals surface area contributed by atoms with Gasteiger partial charge in [-0.1, -0.05) is 53.7 Å². The molecule has 3 aromatic rings. The maximum absolute atomic E-state index is 10.5. The fraction of sp³-hybridized carbons (Fsp3) is 0.208. The summed E-state index contributed by atoms with van der Waals surface area (Å²) < 4.78 is 0. The quantitative estimate of drug-likeness (QED) is 0.300. The van der Waals surface area contributed by atoms with E-state index in [2.05, 4.69) is 27.6 Å². The molecule has 0 unspecified atom stereocenters. The van der Waals surface area contributed by atoms with Crippen LogP contribution in [0.4, 0.5) is 0 Å². The second kappa shape index (κ2) is 10.9. The molecule has 6 nitrogen and oxygen atoms in total. The zero-order chi connectivity index (χ0) is 21.2. The van der Waals surface area contributed by atoms with E-state index in [1.54, 1.807) is 12.4 Å². The van der Waals surface area contributed by atoms with Gasteiger partial charge in [-0.2, -0.15) is 0 Å². The van der Waals surface area contributed by atoms with Crippen LogP contribution in [0.15, 0.2) is 78.2 Å². The van der Waals surface area contributed by atoms with Crippen LogP contribution in [0.3, 0.4) is 0 Å². The Bertz CT molecular complexity index is 969. The van der Waals surface area contributed by atoms with Crippen molar-refractivity contribution in [2.45, 2.75) is 26.5 Å². The van der Waals surface area contributed by atoms with Gasteiger partial charge in [0.05, 0.1) is 12.1 Å². The summed E-state index contributed by atoms with van der Waals surface area (Å²) in [6.45, 7) is 3.40. The lowest BCUT2D eigenvalue weighted by atomic mass is 10.1. The lowest BCUT2D eigenvalue weighted by molar-refractivity contribution is -0.136. The van der Waals surface area contributed by atoms with Crippen molar-refractivity contribution in [1.29, 1.82) is 0 Å². The molecule has 0 bridgehead atoms. The van der Waals surface area contributed by atoms with E-state index in [9.17, 15) is 4.79 Å². The minimum absolute atomic E-state index is 0.119. The third-order valence-electron chi connectivity index (χ3n) is 4.62. The molecular weight excluding hydrogens is 378 g/mol. The lowest BCUT2D eigenvalue weighted by Gasteiger charge is -2.06. The number of carboxylic acids is 1. The lowest BCUT2D eigenvalue weighted by Crippen LogP contribution is -2.17. The van der Waals surface area contributed by atoms with Crippen molar-refractivity contribution in [3.8, 4) is 11.1 Å². The van der Waals surface area contributed by atoms with Crippen molar-refractivity contribution in [3.63, 3.8) is 0 Å². The number of carboxylic acid groups (broad SMARTS) is 1. The van der Waals surface area contributed by atoms with Gasteiger partial charge in [-0.25, -0.2) is 0 Å². The van der Waals surface area contributed by atoms with Crippen molar-refractivity contribution in [3.05, 3.63) is 89.7 Å². The molecule has 0 saturated carbocycles. The van der Waals surface area contributed by atoms with Crippen LogP contribution >= 0.6 is 0 Å². The van der Waals surface area contributed by atoms with E-state index in [-0.39, 0.29) is 6.42 Å². The number of rotatable bonds is 10. The summed E-state index contributed by atoms with van der Waals surface area (Å²) in [6, 6.07) is 20.1. The number of hydrogen-bond acceptors (Lipinski definition) is 5. The number of aliphatic carboxylic acids is 1. The highest BCUT2D eigenvalue weighted by Gasteiger charge is 2.02. The monoisotopic (exact) mass is 403 g/mol. The summed E-state index contributed by atoms with van der Waals surface area (Å²) in [5, 5.41) is 16.0. The van der Waals surface area contributed by atoms with Crippen LogP contribution in [0.5, 0.6) is 0 Å². The molecule has 0 aliphatic rings. The minimum Gasteiger partial charge on any atom is -0.481 e. The van der Waals surface area contributed by atoms with E-state index in [0.29, 0.717) is 19.7 Å². The molecule has 0 atom stereocenters. The van der Waals surface area contributed by atoms with Crippen molar-refractivity contribution in [1.82, 2.24) is 10.3 Å². The molecule has 1 heterocycles. The third-order valence-corrected chi connectivity index (χ3v) is 4.62. The predicted molar refractivity (Wildman–Crippen MR) is 117 cm³/mol. The summed E-state index contributed by atoms with van der Waals surface area (Å²) in [7, 11) is 0. The molecular formula is C24H25N3O3. The van der Waals surface area contributed by atoms with Crippen LogP contribution in [0.25, 0.3) is 11.1 Å². The number of hydrogen-bond donors (Lipinski definition) is 2. The smallest absolute Gasteiger partial charge is 0.304 e. The van der Waals surface area contributed by atoms with E-state index < -0.39 is 5.97 Å². The van der Waals surface area contributed by atoms with Gasteiger partial charge in [-0.3, -0.25) is 9.78 Å². The Kier molecular flexibility index (Phi) is 7.69. The first kappa shape index (κ1) is 21.2. The topological polar surface area (TPSA) is 83.8 Å². The summed E-state index contributed by atoms with van der Waals surface area (Å²) in [5.41, 5.74) is 6.19. The largest absolute Gasteiger partial charge is 0.481 e. The van der Waals surface area contributed by atoms with Crippen molar-refractivity contribution >= 4 is 11.7 Å². The van der Waals surface area contributed by atoms with Gasteiger partial charge in [0.1, 0.15) is 6.61 Å². The number of nitrogens with one attached hydrogen (secondary N) is 1. The molecule has 0 amide bonds. The zero-order valence-corrected chi connectivity index (χ0v) is 16.9. The van der Waals surface area contributed by atoms with Crippen LogP contribution in [-0.4, -0.2) is 28.3 Å². The number of carbonyl (C=O) groups is 1. The van der Waals surface area contributed by atoms with Crippen LogP contribution < -0.4 is 5.32 Å². The van der Waals surface area contributed by atoms with Crippen LogP contribution in [0.1, 0.15) is 30.0 Å². The molecule has 154 valence electrons. The molecule has 1 aromatic heterocycles. The fourth-order valence-corrected chi connectivity index (χ4v) is 2.89. The Hall–Kier alpha value is -3.51. The number of nitrogens with zero attached hydrogens (tertiary/aromatic N) is 2. The summed E-state index contributed by atoms with van der Waals surface area (Å²) >= 11 is 0. The Morgan fingerprint density at radius 1 is 0.967 bits per heavy atom. The Balaban J connectivity index is 1.48. The highest BCUT2D eigenvalue weighted by molar-refractivity contribution is 5.98. The van der Waals surface area contributed by atoms with Gasteiger partial charge in [-0.15, -0.1) is 0 Å². The Morgan fingerprint density at radius 2 is 1.60 bits per heavy atom. The average Bonchev–Trinajstić information content (AvgIpc) is 2.78. The number of aromatic nitrogens is 1. The highest BCUT2D eigenvalue weighted by Crippen LogP contribution is 2.19. The average molecular weight is 403 g/mol. The highest BCUT2D eigenvalue weighted by atomic mass is 16.6. The zero-order valence-electron chi connectivity index (χ0n) is 16.9. The van der Waals surface area contributed by atoms with E-state index >= 15 is 0 Å². The number of oxime groups is 1. The standard InChI is InChI=1S/C24H25N3O3/c1-18(21-6-2-19(3-7-21)16-26-15-12-24(28)29)27-30-17-20-4-8-22(9-5-20)23-10-13-25-14-11-23/h2-11,13-14,26H,12,15-17H2,1H3,(H,28,29). The van der Waals surface area contributed by atoms with Gasteiger partial charge < -0.3 is 15.3 Å². The van der Waals surface area contributed by atoms with Crippen LogP contribution in [-0.2, 0) is 22.8 Å². The van der Waals surface area contributed by atoms with Crippen molar-refractivity contribution in [2.75, 3.05) is 6.54 Å². The van der Waals surface area contributed by atoms with Gasteiger partial charge in [0.15, 0.2) is 0 Å². The molecule has 0 spiro atoms. The molecule has 2 aromatic carbocycles. The first-order valence-electron chi connectivity index (χ1n) is 9.79. The van der Waals surface area contributed by atoms with Crippen molar-refractivity contribution in [2.24, 2.45) is 5.16 Å². The second-order valence-corrected chi connectivity index (χ2v) is 6.90. The van der Waals surface area contributed by atoms with Crippen molar-refractivity contribution < 1.29 is 14.7 Å². The Morgan fingerprint density at radius 3 is 2.27 bits per heavy atom.